The Morgan fingerprint density at radius 3 is 2.74 bits per heavy atom. The van der Waals surface area contributed by atoms with E-state index < -0.39 is 22.2 Å². The number of nitrogens with one attached hydrogen (secondary N) is 3. The second-order valence-corrected chi connectivity index (χ2v) is 9.21. The van der Waals surface area contributed by atoms with Gasteiger partial charge in [-0.3, -0.25) is 0 Å². The molecule has 8 nitrogen and oxygen atoms in total. The van der Waals surface area contributed by atoms with Crippen molar-refractivity contribution in [3.05, 3.63) is 36.3 Å². The molecule has 31 heavy (non-hydrogen) atoms. The minimum absolute atomic E-state index is 0.0197. The van der Waals surface area contributed by atoms with Crippen LogP contribution in [0.5, 0.6) is 0 Å². The summed E-state index contributed by atoms with van der Waals surface area (Å²) >= 11 is 0. The summed E-state index contributed by atoms with van der Waals surface area (Å²) in [7, 11) is -2.53. The number of hydrogen-bond acceptors (Lipinski definition) is 6. The number of alkyl halides is 3. The summed E-state index contributed by atoms with van der Waals surface area (Å²) < 4.78 is 67.7. The third-order valence-electron chi connectivity index (χ3n) is 5.41. The lowest BCUT2D eigenvalue weighted by Crippen LogP contribution is -2.41. The molecule has 0 spiro atoms. The molecule has 1 fully saturated rings. The van der Waals surface area contributed by atoms with Crippen LogP contribution in [-0.4, -0.2) is 49.2 Å². The molecule has 3 heterocycles. The van der Waals surface area contributed by atoms with Crippen LogP contribution in [0.2, 0.25) is 0 Å². The number of anilines is 3. The number of nitrogens with zero attached hydrogens (tertiary/aromatic N) is 3. The summed E-state index contributed by atoms with van der Waals surface area (Å²) in [6.07, 6.45) is -0.970. The van der Waals surface area contributed by atoms with Crippen LogP contribution in [0.4, 0.5) is 30.4 Å². The summed E-state index contributed by atoms with van der Waals surface area (Å²) in [5.74, 6) is 0.367. The molecule has 0 saturated carbocycles. The molecule has 0 amide bonds. The van der Waals surface area contributed by atoms with E-state index in [0.29, 0.717) is 23.3 Å². The van der Waals surface area contributed by atoms with Crippen molar-refractivity contribution in [1.29, 1.82) is 0 Å². The minimum Gasteiger partial charge on any atom is -0.358 e. The molecule has 0 radical (unpaired) electrons. The van der Waals surface area contributed by atoms with E-state index in [-0.39, 0.29) is 29.2 Å². The maximum absolute atomic E-state index is 13.6. The number of H-pyrrole nitrogens is 1. The summed E-state index contributed by atoms with van der Waals surface area (Å²) in [4.78, 5) is 12.6. The number of aromatic amines is 1. The highest BCUT2D eigenvalue weighted by molar-refractivity contribution is 7.89. The number of aryl methyl sites for hydroxylation is 1. The number of halogens is 3. The number of sulfonamides is 1. The maximum Gasteiger partial charge on any atom is 0.408 e. The molecule has 1 atom stereocenters. The molecule has 1 aliphatic rings. The van der Waals surface area contributed by atoms with E-state index in [0.717, 1.165) is 5.56 Å². The van der Waals surface area contributed by atoms with Gasteiger partial charge in [-0.1, -0.05) is 0 Å². The molecule has 1 aromatic carbocycles. The number of fused-ring (bicyclic) bond motifs is 1. The molecule has 1 aliphatic heterocycles. The first kappa shape index (κ1) is 21.4. The maximum atomic E-state index is 13.6. The Bertz CT molecular complexity index is 1230. The van der Waals surface area contributed by atoms with Crippen LogP contribution >= 0.6 is 0 Å². The van der Waals surface area contributed by atoms with Gasteiger partial charge < -0.3 is 15.2 Å². The monoisotopic (exact) mass is 454 g/mol. The van der Waals surface area contributed by atoms with E-state index in [1.165, 1.54) is 36.5 Å². The highest BCUT2D eigenvalue weighted by Gasteiger charge is 2.46. The second kappa shape index (κ2) is 7.68. The van der Waals surface area contributed by atoms with Crippen LogP contribution in [0, 0.1) is 6.92 Å². The molecule has 3 N–H and O–H groups in total. The van der Waals surface area contributed by atoms with Crippen molar-refractivity contribution < 1.29 is 21.6 Å². The van der Waals surface area contributed by atoms with Gasteiger partial charge in [-0.25, -0.2) is 23.1 Å². The van der Waals surface area contributed by atoms with Crippen molar-refractivity contribution in [2.45, 2.75) is 36.9 Å². The van der Waals surface area contributed by atoms with E-state index in [1.807, 2.05) is 6.92 Å². The molecule has 3 aromatic rings. The minimum atomic E-state index is -4.40. The Morgan fingerprint density at radius 1 is 1.26 bits per heavy atom. The zero-order chi connectivity index (χ0) is 22.4. The molecule has 4 rings (SSSR count). The first-order chi connectivity index (χ1) is 14.6. The fourth-order valence-electron chi connectivity index (χ4n) is 3.89. The molecular formula is C19H21F3N6O2S. The summed E-state index contributed by atoms with van der Waals surface area (Å²) in [5.41, 5.74) is 1.88. The molecule has 1 unspecified atom stereocenters. The zero-order valence-electron chi connectivity index (χ0n) is 16.8. The highest BCUT2D eigenvalue weighted by Crippen LogP contribution is 2.41. The second-order valence-electron chi connectivity index (χ2n) is 7.32. The molecular weight excluding hydrogens is 433 g/mol. The van der Waals surface area contributed by atoms with Gasteiger partial charge in [0.15, 0.2) is 0 Å². The summed E-state index contributed by atoms with van der Waals surface area (Å²) in [6.45, 7) is 2.05. The van der Waals surface area contributed by atoms with Crippen molar-refractivity contribution in [2.75, 3.05) is 23.8 Å². The fourth-order valence-corrected chi connectivity index (χ4v) is 4.64. The van der Waals surface area contributed by atoms with Gasteiger partial charge in [-0.15, -0.1) is 0 Å². The first-order valence-corrected chi connectivity index (χ1v) is 11.1. The van der Waals surface area contributed by atoms with Crippen LogP contribution in [-0.2, 0) is 10.0 Å². The van der Waals surface area contributed by atoms with Crippen LogP contribution < -0.4 is 14.9 Å². The molecule has 0 bridgehead atoms. The van der Waals surface area contributed by atoms with Gasteiger partial charge in [0.1, 0.15) is 23.8 Å². The number of hydrogen-bond donors (Lipinski definition) is 3. The number of benzene rings is 1. The van der Waals surface area contributed by atoms with Crippen molar-refractivity contribution in [3.8, 4) is 0 Å². The molecule has 1 saturated heterocycles. The third-order valence-corrected chi connectivity index (χ3v) is 6.82. The highest BCUT2D eigenvalue weighted by atomic mass is 32.2. The molecule has 2 aromatic heterocycles. The van der Waals surface area contributed by atoms with Crippen molar-refractivity contribution in [1.82, 2.24) is 19.7 Å². The first-order valence-electron chi connectivity index (χ1n) is 9.58. The summed E-state index contributed by atoms with van der Waals surface area (Å²) in [5, 5.41) is 3.73. The fraction of sp³-hybridized carbons (Fsp3) is 0.368. The van der Waals surface area contributed by atoms with Crippen molar-refractivity contribution in [3.63, 3.8) is 0 Å². The normalized spacial score (nSPS) is 17.5. The molecule has 12 heteroatoms. The Morgan fingerprint density at radius 2 is 2.03 bits per heavy atom. The van der Waals surface area contributed by atoms with E-state index in [2.05, 4.69) is 25.0 Å². The lowest BCUT2D eigenvalue weighted by Gasteiger charge is -2.30. The third kappa shape index (κ3) is 3.92. The quantitative estimate of drug-likeness (QED) is 0.546. The standard InChI is InChI=1S/C19H21F3N6O2S/c1-11-9-24-17-16(11)18(26-10-25-17)27-13-8-12(31(29,30)23-2)5-6-14(13)28-7-3-4-15(28)19(20,21)22/h5-6,8-10,15,23H,3-4,7H2,1-2H3,(H2,24,25,26,27). The van der Waals surface area contributed by atoms with Crippen LogP contribution in [0.15, 0.2) is 35.6 Å². The van der Waals surface area contributed by atoms with Crippen LogP contribution in [0.3, 0.4) is 0 Å². The van der Waals surface area contributed by atoms with E-state index in [1.54, 1.807) is 6.20 Å². The van der Waals surface area contributed by atoms with Gasteiger partial charge in [0.2, 0.25) is 10.0 Å². The predicted molar refractivity (Wildman–Crippen MR) is 111 cm³/mol. The lowest BCUT2D eigenvalue weighted by atomic mass is 10.1. The van der Waals surface area contributed by atoms with E-state index >= 15 is 0 Å². The van der Waals surface area contributed by atoms with Crippen LogP contribution in [0.1, 0.15) is 18.4 Å². The Labute approximate surface area is 176 Å². The Balaban J connectivity index is 1.85. The zero-order valence-corrected chi connectivity index (χ0v) is 17.6. The van der Waals surface area contributed by atoms with Crippen molar-refractivity contribution >= 4 is 38.2 Å². The Hall–Kier alpha value is -2.86. The average molecular weight is 454 g/mol. The van der Waals surface area contributed by atoms with Crippen molar-refractivity contribution in [2.24, 2.45) is 0 Å². The topological polar surface area (TPSA) is 103 Å². The number of rotatable bonds is 5. The van der Waals surface area contributed by atoms with Gasteiger partial charge in [-0.2, -0.15) is 13.2 Å². The predicted octanol–water partition coefficient (Wildman–Crippen LogP) is 3.45. The molecule has 0 aliphatic carbocycles. The van der Waals surface area contributed by atoms with Gasteiger partial charge in [0.25, 0.3) is 0 Å². The van der Waals surface area contributed by atoms with Crippen LogP contribution in [0.25, 0.3) is 11.0 Å². The SMILES string of the molecule is CNS(=O)(=O)c1ccc(N2CCCC2C(F)(F)F)c(Nc2ncnc3[nH]cc(C)c23)c1. The average Bonchev–Trinajstić information content (AvgIpc) is 3.36. The summed E-state index contributed by atoms with van der Waals surface area (Å²) in [6, 6.07) is 2.39. The lowest BCUT2D eigenvalue weighted by molar-refractivity contribution is -0.145. The smallest absolute Gasteiger partial charge is 0.358 e. The van der Waals surface area contributed by atoms with Gasteiger partial charge in [0.05, 0.1) is 21.7 Å². The molecule has 166 valence electrons. The number of aromatic nitrogens is 3. The Kier molecular flexibility index (Phi) is 5.30. The largest absolute Gasteiger partial charge is 0.408 e. The van der Waals surface area contributed by atoms with E-state index in [9.17, 15) is 21.6 Å². The van der Waals surface area contributed by atoms with Gasteiger partial charge in [0, 0.05) is 12.7 Å². The van der Waals surface area contributed by atoms with Gasteiger partial charge in [-0.05, 0) is 50.6 Å². The van der Waals surface area contributed by atoms with Gasteiger partial charge >= 0.3 is 6.18 Å². The van der Waals surface area contributed by atoms with E-state index in [4.69, 9.17) is 0 Å².